The van der Waals surface area contributed by atoms with Crippen molar-refractivity contribution >= 4 is 5.95 Å². The van der Waals surface area contributed by atoms with Gasteiger partial charge in [-0.25, -0.2) is 9.97 Å². The van der Waals surface area contributed by atoms with Crippen LogP contribution in [0.1, 0.15) is 37.2 Å². The number of anilines is 1. The summed E-state index contributed by atoms with van der Waals surface area (Å²) in [4.78, 5) is 11.3. The highest BCUT2D eigenvalue weighted by Crippen LogP contribution is 2.33. The van der Waals surface area contributed by atoms with Gasteiger partial charge in [0, 0.05) is 25.5 Å². The quantitative estimate of drug-likeness (QED) is 0.889. The molecule has 0 amide bonds. The van der Waals surface area contributed by atoms with E-state index in [9.17, 15) is 0 Å². The van der Waals surface area contributed by atoms with Crippen molar-refractivity contribution in [3.05, 3.63) is 18.0 Å². The van der Waals surface area contributed by atoms with Gasteiger partial charge < -0.3 is 15.4 Å². The zero-order valence-electron chi connectivity index (χ0n) is 11.3. The van der Waals surface area contributed by atoms with Gasteiger partial charge in [0.05, 0.1) is 19.3 Å². The van der Waals surface area contributed by atoms with Gasteiger partial charge in [0.2, 0.25) is 5.95 Å². The predicted octanol–water partition coefficient (Wildman–Crippen LogP) is 1.30. The van der Waals surface area contributed by atoms with Gasteiger partial charge in [-0.15, -0.1) is 0 Å². The molecule has 0 radical (unpaired) electrons. The molecule has 1 aromatic rings. The van der Waals surface area contributed by atoms with Gasteiger partial charge in [-0.3, -0.25) is 0 Å². The maximum Gasteiger partial charge on any atom is 0.225 e. The van der Waals surface area contributed by atoms with Crippen molar-refractivity contribution in [1.82, 2.24) is 9.97 Å². The molecule has 1 unspecified atom stereocenters. The standard InChI is InChI=1S/C14H22N4O/c15-7-13-10-19-6-5-18(13)14-16-8-12(9-17-14)11-3-1-2-4-11/h8-9,11,13H,1-7,10,15H2. The van der Waals surface area contributed by atoms with Gasteiger partial charge in [-0.1, -0.05) is 12.8 Å². The second-order valence-corrected chi connectivity index (χ2v) is 5.46. The van der Waals surface area contributed by atoms with Gasteiger partial charge in [0.1, 0.15) is 0 Å². The molecule has 19 heavy (non-hydrogen) atoms. The Morgan fingerprint density at radius 2 is 2.00 bits per heavy atom. The Labute approximate surface area is 114 Å². The van der Waals surface area contributed by atoms with Crippen LogP contribution in [0, 0.1) is 0 Å². The van der Waals surface area contributed by atoms with E-state index in [1.807, 2.05) is 12.4 Å². The molecule has 1 aromatic heterocycles. The molecule has 5 nitrogen and oxygen atoms in total. The summed E-state index contributed by atoms with van der Waals surface area (Å²) < 4.78 is 5.45. The fraction of sp³-hybridized carbons (Fsp3) is 0.714. The number of ether oxygens (including phenoxy) is 1. The highest BCUT2D eigenvalue weighted by Gasteiger charge is 2.24. The minimum absolute atomic E-state index is 0.200. The minimum atomic E-state index is 0.200. The molecule has 2 N–H and O–H groups in total. The van der Waals surface area contributed by atoms with Crippen molar-refractivity contribution in [3.63, 3.8) is 0 Å². The summed E-state index contributed by atoms with van der Waals surface area (Å²) in [6.07, 6.45) is 9.25. The second-order valence-electron chi connectivity index (χ2n) is 5.46. The first kappa shape index (κ1) is 12.8. The third kappa shape index (κ3) is 2.72. The van der Waals surface area contributed by atoms with Crippen LogP contribution in [0.5, 0.6) is 0 Å². The van der Waals surface area contributed by atoms with Crippen LogP contribution in [-0.4, -0.2) is 42.3 Å². The first-order valence-electron chi connectivity index (χ1n) is 7.25. The van der Waals surface area contributed by atoms with Crippen LogP contribution in [0.2, 0.25) is 0 Å². The molecular formula is C14H22N4O. The molecule has 0 aromatic carbocycles. The highest BCUT2D eigenvalue weighted by molar-refractivity contribution is 5.33. The second kappa shape index (κ2) is 5.84. The SMILES string of the molecule is NCC1COCCN1c1ncc(C2CCCC2)cn1. The molecule has 2 heterocycles. The number of hydrogen-bond donors (Lipinski definition) is 1. The van der Waals surface area contributed by atoms with Crippen LogP contribution in [0.15, 0.2) is 12.4 Å². The van der Waals surface area contributed by atoms with Crippen molar-refractivity contribution in [2.75, 3.05) is 31.2 Å². The minimum Gasteiger partial charge on any atom is -0.377 e. The molecule has 0 bridgehead atoms. The maximum absolute atomic E-state index is 5.78. The van der Waals surface area contributed by atoms with Crippen molar-refractivity contribution < 1.29 is 4.74 Å². The Balaban J connectivity index is 1.73. The molecule has 1 atom stereocenters. The number of nitrogens with two attached hydrogens (primary N) is 1. The van der Waals surface area contributed by atoms with Crippen molar-refractivity contribution in [2.24, 2.45) is 5.73 Å². The molecule has 104 valence electrons. The van der Waals surface area contributed by atoms with Crippen molar-refractivity contribution in [2.45, 2.75) is 37.6 Å². The molecule has 1 saturated carbocycles. The summed E-state index contributed by atoms with van der Waals surface area (Å²) in [6, 6.07) is 0.200. The Kier molecular flexibility index (Phi) is 3.94. The number of nitrogens with zero attached hydrogens (tertiary/aromatic N) is 3. The predicted molar refractivity (Wildman–Crippen MR) is 74.2 cm³/mol. The van der Waals surface area contributed by atoms with E-state index in [-0.39, 0.29) is 6.04 Å². The van der Waals surface area contributed by atoms with E-state index >= 15 is 0 Å². The van der Waals surface area contributed by atoms with Crippen molar-refractivity contribution in [3.8, 4) is 0 Å². The van der Waals surface area contributed by atoms with E-state index in [2.05, 4.69) is 14.9 Å². The normalized spacial score (nSPS) is 24.9. The molecule has 5 heteroatoms. The first-order chi connectivity index (χ1) is 9.38. The lowest BCUT2D eigenvalue weighted by Crippen LogP contribution is -2.50. The van der Waals surface area contributed by atoms with Gasteiger partial charge in [-0.2, -0.15) is 0 Å². The van der Waals surface area contributed by atoms with Gasteiger partial charge in [-0.05, 0) is 24.3 Å². The Bertz CT molecular complexity index is 402. The molecule has 2 fully saturated rings. The molecular weight excluding hydrogens is 240 g/mol. The molecule has 1 saturated heterocycles. The van der Waals surface area contributed by atoms with Crippen LogP contribution in [0.3, 0.4) is 0 Å². The third-order valence-corrected chi connectivity index (χ3v) is 4.24. The highest BCUT2D eigenvalue weighted by atomic mass is 16.5. The van der Waals surface area contributed by atoms with Crippen LogP contribution < -0.4 is 10.6 Å². The van der Waals surface area contributed by atoms with E-state index in [0.29, 0.717) is 19.1 Å². The lowest BCUT2D eigenvalue weighted by atomic mass is 10.0. The van der Waals surface area contributed by atoms with Crippen LogP contribution in [-0.2, 0) is 4.74 Å². The number of morpholine rings is 1. The van der Waals surface area contributed by atoms with E-state index < -0.39 is 0 Å². The molecule has 1 aliphatic heterocycles. The van der Waals surface area contributed by atoms with Gasteiger partial charge in [0.25, 0.3) is 0 Å². The van der Waals surface area contributed by atoms with E-state index in [1.54, 1.807) is 0 Å². The monoisotopic (exact) mass is 262 g/mol. The zero-order chi connectivity index (χ0) is 13.1. The van der Waals surface area contributed by atoms with Crippen LogP contribution in [0.4, 0.5) is 5.95 Å². The summed E-state index contributed by atoms with van der Waals surface area (Å²) in [5.41, 5.74) is 7.07. The van der Waals surface area contributed by atoms with E-state index in [1.165, 1.54) is 31.2 Å². The van der Waals surface area contributed by atoms with Crippen molar-refractivity contribution in [1.29, 1.82) is 0 Å². The summed E-state index contributed by atoms with van der Waals surface area (Å²) in [7, 11) is 0. The third-order valence-electron chi connectivity index (χ3n) is 4.24. The Morgan fingerprint density at radius 1 is 1.26 bits per heavy atom. The lowest BCUT2D eigenvalue weighted by Gasteiger charge is -2.34. The number of rotatable bonds is 3. The number of hydrogen-bond acceptors (Lipinski definition) is 5. The lowest BCUT2D eigenvalue weighted by molar-refractivity contribution is 0.0954. The average Bonchev–Trinajstić information content (AvgIpc) is 3.02. The fourth-order valence-electron chi connectivity index (χ4n) is 3.06. The first-order valence-corrected chi connectivity index (χ1v) is 7.25. The van der Waals surface area contributed by atoms with Crippen LogP contribution >= 0.6 is 0 Å². The molecule has 3 rings (SSSR count). The largest absolute Gasteiger partial charge is 0.377 e. The van der Waals surface area contributed by atoms with Gasteiger partial charge in [0.15, 0.2) is 0 Å². The fourth-order valence-corrected chi connectivity index (χ4v) is 3.06. The topological polar surface area (TPSA) is 64.3 Å². The van der Waals surface area contributed by atoms with E-state index in [0.717, 1.165) is 19.1 Å². The number of aromatic nitrogens is 2. The summed E-state index contributed by atoms with van der Waals surface area (Å²) >= 11 is 0. The Morgan fingerprint density at radius 3 is 2.68 bits per heavy atom. The van der Waals surface area contributed by atoms with Crippen LogP contribution in [0.25, 0.3) is 0 Å². The molecule has 2 aliphatic rings. The van der Waals surface area contributed by atoms with E-state index in [4.69, 9.17) is 10.5 Å². The summed E-state index contributed by atoms with van der Waals surface area (Å²) in [6.45, 7) is 2.80. The smallest absolute Gasteiger partial charge is 0.225 e. The average molecular weight is 262 g/mol. The molecule has 1 aliphatic carbocycles. The summed E-state index contributed by atoms with van der Waals surface area (Å²) in [5, 5.41) is 0. The summed E-state index contributed by atoms with van der Waals surface area (Å²) in [5.74, 6) is 1.46. The van der Waals surface area contributed by atoms with Gasteiger partial charge >= 0.3 is 0 Å². The maximum atomic E-state index is 5.78. The zero-order valence-corrected chi connectivity index (χ0v) is 11.3. The Hall–Kier alpha value is -1.20. The molecule has 0 spiro atoms.